The Kier molecular flexibility index (Phi) is 3.39. The van der Waals surface area contributed by atoms with Gasteiger partial charge in [-0.05, 0) is 43.9 Å². The standard InChI is InChI=1S/C14H18N2OS/c1-9-5-3-6-11(10(9)2)16-13(17)14(12(15)18)7-4-8-14/h3,5-6H,4,7-8H2,1-2H3,(H2,15,18)(H,16,17). The first-order valence-corrected chi connectivity index (χ1v) is 6.56. The Morgan fingerprint density at radius 3 is 2.56 bits per heavy atom. The second kappa shape index (κ2) is 4.69. The molecule has 0 atom stereocenters. The summed E-state index contributed by atoms with van der Waals surface area (Å²) >= 11 is 5.05. The number of carbonyl (C=O) groups excluding carboxylic acids is 1. The SMILES string of the molecule is Cc1cccc(NC(=O)C2(C(N)=S)CCC2)c1C. The third-order valence-electron chi connectivity index (χ3n) is 3.97. The van der Waals surface area contributed by atoms with Crippen molar-refractivity contribution in [1.29, 1.82) is 0 Å². The Balaban J connectivity index is 2.21. The van der Waals surface area contributed by atoms with Gasteiger partial charge < -0.3 is 11.1 Å². The van der Waals surface area contributed by atoms with E-state index in [1.165, 1.54) is 0 Å². The Morgan fingerprint density at radius 2 is 2.06 bits per heavy atom. The van der Waals surface area contributed by atoms with Crippen LogP contribution >= 0.6 is 12.2 Å². The number of carbonyl (C=O) groups is 1. The van der Waals surface area contributed by atoms with Crippen LogP contribution in [0, 0.1) is 19.3 Å². The van der Waals surface area contributed by atoms with E-state index in [-0.39, 0.29) is 5.91 Å². The minimum atomic E-state index is -0.620. The lowest BCUT2D eigenvalue weighted by atomic mass is 9.68. The van der Waals surface area contributed by atoms with Crippen LogP contribution in [-0.2, 0) is 4.79 Å². The summed E-state index contributed by atoms with van der Waals surface area (Å²) in [7, 11) is 0. The fourth-order valence-corrected chi connectivity index (χ4v) is 2.54. The van der Waals surface area contributed by atoms with Gasteiger partial charge in [-0.2, -0.15) is 0 Å². The summed E-state index contributed by atoms with van der Waals surface area (Å²) in [5, 5.41) is 2.97. The summed E-state index contributed by atoms with van der Waals surface area (Å²) in [4.78, 5) is 12.7. The topological polar surface area (TPSA) is 55.1 Å². The maximum Gasteiger partial charge on any atom is 0.237 e. The van der Waals surface area contributed by atoms with Gasteiger partial charge in [0.25, 0.3) is 0 Å². The van der Waals surface area contributed by atoms with Crippen LogP contribution in [0.25, 0.3) is 0 Å². The molecule has 1 amide bonds. The third kappa shape index (κ3) is 2.01. The zero-order chi connectivity index (χ0) is 13.3. The smallest absolute Gasteiger partial charge is 0.237 e. The van der Waals surface area contributed by atoms with Gasteiger partial charge in [-0.15, -0.1) is 0 Å². The van der Waals surface area contributed by atoms with Crippen molar-refractivity contribution in [3.05, 3.63) is 29.3 Å². The summed E-state index contributed by atoms with van der Waals surface area (Å²) in [6.45, 7) is 4.02. The molecule has 1 fully saturated rings. The number of nitrogens with one attached hydrogen (secondary N) is 1. The number of hydrogen-bond acceptors (Lipinski definition) is 2. The van der Waals surface area contributed by atoms with E-state index in [9.17, 15) is 4.79 Å². The molecule has 1 aromatic carbocycles. The molecule has 0 spiro atoms. The molecule has 0 unspecified atom stereocenters. The lowest BCUT2D eigenvalue weighted by Gasteiger charge is -2.39. The first-order chi connectivity index (χ1) is 8.47. The Morgan fingerprint density at radius 1 is 1.39 bits per heavy atom. The van der Waals surface area contributed by atoms with E-state index in [1.54, 1.807) is 0 Å². The van der Waals surface area contributed by atoms with E-state index < -0.39 is 5.41 Å². The highest BCUT2D eigenvalue weighted by Crippen LogP contribution is 2.42. The summed E-state index contributed by atoms with van der Waals surface area (Å²) in [6.07, 6.45) is 2.54. The van der Waals surface area contributed by atoms with Crippen molar-refractivity contribution in [3.63, 3.8) is 0 Å². The Hall–Kier alpha value is -1.42. The molecular weight excluding hydrogens is 244 g/mol. The zero-order valence-electron chi connectivity index (χ0n) is 10.7. The lowest BCUT2D eigenvalue weighted by molar-refractivity contribution is -0.125. The maximum atomic E-state index is 12.3. The zero-order valence-corrected chi connectivity index (χ0v) is 11.6. The molecule has 0 bridgehead atoms. The number of benzene rings is 1. The molecule has 18 heavy (non-hydrogen) atoms. The molecule has 0 radical (unpaired) electrons. The largest absolute Gasteiger partial charge is 0.392 e. The van der Waals surface area contributed by atoms with Crippen molar-refractivity contribution in [2.45, 2.75) is 33.1 Å². The molecule has 1 aliphatic rings. The van der Waals surface area contributed by atoms with Crippen molar-refractivity contribution >= 4 is 28.8 Å². The molecule has 4 heteroatoms. The Labute approximate surface area is 113 Å². The monoisotopic (exact) mass is 262 g/mol. The number of hydrogen-bond donors (Lipinski definition) is 2. The van der Waals surface area contributed by atoms with E-state index in [0.29, 0.717) is 4.99 Å². The number of thiocarbonyl (C=S) groups is 1. The number of aryl methyl sites for hydroxylation is 1. The van der Waals surface area contributed by atoms with E-state index in [0.717, 1.165) is 36.1 Å². The molecule has 96 valence electrons. The highest BCUT2D eigenvalue weighted by Gasteiger charge is 2.47. The van der Waals surface area contributed by atoms with Gasteiger partial charge in [-0.25, -0.2) is 0 Å². The molecule has 2 rings (SSSR count). The van der Waals surface area contributed by atoms with Crippen molar-refractivity contribution in [2.24, 2.45) is 11.1 Å². The second-order valence-electron chi connectivity index (χ2n) is 5.00. The van der Waals surface area contributed by atoms with Gasteiger partial charge in [0.2, 0.25) is 5.91 Å². The van der Waals surface area contributed by atoms with E-state index in [2.05, 4.69) is 5.32 Å². The number of rotatable bonds is 3. The van der Waals surface area contributed by atoms with Crippen molar-refractivity contribution in [1.82, 2.24) is 0 Å². The van der Waals surface area contributed by atoms with Crippen LogP contribution in [0.15, 0.2) is 18.2 Å². The predicted octanol–water partition coefficient (Wildman–Crippen LogP) is 2.70. The average molecular weight is 262 g/mol. The van der Waals surface area contributed by atoms with Crippen molar-refractivity contribution in [3.8, 4) is 0 Å². The third-order valence-corrected chi connectivity index (χ3v) is 4.36. The van der Waals surface area contributed by atoms with Gasteiger partial charge in [0.1, 0.15) is 0 Å². The number of nitrogens with two attached hydrogens (primary N) is 1. The number of amides is 1. The summed E-state index contributed by atoms with van der Waals surface area (Å²) in [6, 6.07) is 5.87. The molecule has 0 aliphatic heterocycles. The fraction of sp³-hybridized carbons (Fsp3) is 0.429. The van der Waals surface area contributed by atoms with Crippen LogP contribution in [0.5, 0.6) is 0 Å². The predicted molar refractivity (Wildman–Crippen MR) is 77.6 cm³/mol. The van der Waals surface area contributed by atoms with E-state index in [1.807, 2.05) is 32.0 Å². The highest BCUT2D eigenvalue weighted by atomic mass is 32.1. The first kappa shape index (κ1) is 13.0. The molecule has 3 nitrogen and oxygen atoms in total. The summed E-state index contributed by atoms with van der Waals surface area (Å²) in [5.41, 5.74) is 8.20. The average Bonchev–Trinajstić information content (AvgIpc) is 2.22. The van der Waals surface area contributed by atoms with E-state index >= 15 is 0 Å². The van der Waals surface area contributed by atoms with Gasteiger partial charge in [0.05, 0.1) is 10.4 Å². The summed E-state index contributed by atoms with van der Waals surface area (Å²) in [5.74, 6) is -0.0602. The van der Waals surface area contributed by atoms with Crippen LogP contribution in [0.1, 0.15) is 30.4 Å². The second-order valence-corrected chi connectivity index (χ2v) is 5.44. The van der Waals surface area contributed by atoms with Crippen molar-refractivity contribution < 1.29 is 4.79 Å². The van der Waals surface area contributed by atoms with Gasteiger partial charge in [0.15, 0.2) is 0 Å². The summed E-state index contributed by atoms with van der Waals surface area (Å²) < 4.78 is 0. The lowest BCUT2D eigenvalue weighted by Crippen LogP contribution is -2.50. The van der Waals surface area contributed by atoms with Gasteiger partial charge in [-0.3, -0.25) is 4.79 Å². The molecule has 1 saturated carbocycles. The molecular formula is C14H18N2OS. The molecule has 0 heterocycles. The van der Waals surface area contributed by atoms with Gasteiger partial charge >= 0.3 is 0 Å². The molecule has 1 aliphatic carbocycles. The molecule has 1 aromatic rings. The van der Waals surface area contributed by atoms with Crippen LogP contribution < -0.4 is 11.1 Å². The van der Waals surface area contributed by atoms with Crippen LogP contribution in [0.4, 0.5) is 5.69 Å². The molecule has 3 N–H and O–H groups in total. The minimum absolute atomic E-state index is 0.0602. The Bertz CT molecular complexity index is 507. The van der Waals surface area contributed by atoms with Gasteiger partial charge in [0, 0.05) is 5.69 Å². The molecule has 0 saturated heterocycles. The van der Waals surface area contributed by atoms with Gasteiger partial charge in [-0.1, -0.05) is 30.8 Å². The van der Waals surface area contributed by atoms with E-state index in [4.69, 9.17) is 18.0 Å². The first-order valence-electron chi connectivity index (χ1n) is 6.15. The van der Waals surface area contributed by atoms with Crippen molar-refractivity contribution in [2.75, 3.05) is 5.32 Å². The van der Waals surface area contributed by atoms with Crippen LogP contribution in [-0.4, -0.2) is 10.9 Å². The normalized spacial score (nSPS) is 16.8. The number of anilines is 1. The van der Waals surface area contributed by atoms with Crippen LogP contribution in [0.2, 0.25) is 0 Å². The highest BCUT2D eigenvalue weighted by molar-refractivity contribution is 7.80. The van der Waals surface area contributed by atoms with Crippen LogP contribution in [0.3, 0.4) is 0 Å². The minimum Gasteiger partial charge on any atom is -0.392 e. The fourth-order valence-electron chi connectivity index (χ4n) is 2.24. The molecule has 0 aromatic heterocycles. The maximum absolute atomic E-state index is 12.3. The quantitative estimate of drug-likeness (QED) is 0.823.